The van der Waals surface area contributed by atoms with Crippen LogP contribution in [0.4, 0.5) is 0 Å². The van der Waals surface area contributed by atoms with Crippen LogP contribution < -0.4 is 0 Å². The monoisotopic (exact) mass is 343 g/mol. The minimum Gasteiger partial charge on any atom is -0.508 e. The third-order valence-electron chi connectivity index (χ3n) is 6.34. The third-order valence-corrected chi connectivity index (χ3v) is 6.34. The molecule has 1 aliphatic heterocycles. The average Bonchev–Trinajstić information content (AvgIpc) is 2.55. The van der Waals surface area contributed by atoms with Crippen LogP contribution in [0.5, 0.6) is 5.75 Å². The summed E-state index contributed by atoms with van der Waals surface area (Å²) in [5.74, 6) is 1.01. The molecule has 128 valence electrons. The second-order valence-electron chi connectivity index (χ2n) is 7.53. The lowest BCUT2D eigenvalue weighted by Crippen LogP contribution is -2.57. The Morgan fingerprint density at radius 1 is 1.17 bits per heavy atom. The van der Waals surface area contributed by atoms with Crippen LogP contribution in [0.25, 0.3) is 0 Å². The zero-order valence-corrected chi connectivity index (χ0v) is 15.2. The van der Waals surface area contributed by atoms with Gasteiger partial charge in [0, 0.05) is 12.6 Å². The number of nitrogens with zero attached hydrogens (tertiary/aromatic N) is 1. The zero-order chi connectivity index (χ0) is 16.0. The largest absolute Gasteiger partial charge is 0.508 e. The van der Waals surface area contributed by atoms with E-state index in [1.54, 1.807) is 0 Å². The fourth-order valence-electron chi connectivity index (χ4n) is 4.71. The van der Waals surface area contributed by atoms with E-state index in [4.69, 9.17) is 0 Å². The summed E-state index contributed by atoms with van der Waals surface area (Å²) in [5.41, 5.74) is 4.39. The molecular formula is C21H26ClNO. The molecule has 1 N–H and O–H groups in total. The molecule has 3 heteroatoms. The molecule has 2 aliphatic rings. The highest BCUT2D eigenvalue weighted by Crippen LogP contribution is 2.49. The summed E-state index contributed by atoms with van der Waals surface area (Å²) in [4.78, 5) is 2.66. The predicted octanol–water partition coefficient (Wildman–Crippen LogP) is 4.54. The maximum absolute atomic E-state index is 9.92. The minimum atomic E-state index is 0. The number of halogens is 1. The first-order valence-electron chi connectivity index (χ1n) is 8.68. The summed E-state index contributed by atoms with van der Waals surface area (Å²) < 4.78 is 0. The van der Waals surface area contributed by atoms with Gasteiger partial charge in [-0.15, -0.1) is 12.4 Å². The Kier molecular flexibility index (Phi) is 4.63. The molecule has 0 spiro atoms. The Hall–Kier alpha value is -1.51. The summed E-state index contributed by atoms with van der Waals surface area (Å²) in [7, 11) is 0. The molecule has 0 amide bonds. The van der Waals surface area contributed by atoms with Gasteiger partial charge in [-0.3, -0.25) is 4.90 Å². The quantitative estimate of drug-likeness (QED) is 0.865. The van der Waals surface area contributed by atoms with Gasteiger partial charge in [0.2, 0.25) is 0 Å². The van der Waals surface area contributed by atoms with E-state index in [2.05, 4.69) is 55.1 Å². The SMILES string of the molecule is C[C@@H]1[C@@H]2Cc3ccc(O)cc3[C@]1(C)CCN2Cc1ccccc1.Cl. The van der Waals surface area contributed by atoms with E-state index in [9.17, 15) is 5.11 Å². The summed E-state index contributed by atoms with van der Waals surface area (Å²) >= 11 is 0. The van der Waals surface area contributed by atoms with Crippen molar-refractivity contribution in [3.05, 3.63) is 65.2 Å². The van der Waals surface area contributed by atoms with Crippen LogP contribution in [0.1, 0.15) is 37.0 Å². The molecule has 24 heavy (non-hydrogen) atoms. The minimum absolute atomic E-state index is 0. The molecule has 2 aromatic rings. The number of phenols is 1. The standard InChI is InChI=1S/C21H25NO.ClH/c1-15-20-12-17-8-9-18(23)13-19(17)21(15,2)10-11-22(20)14-16-6-4-3-5-7-16;/h3-9,13,15,20,23H,10-12,14H2,1-2H3;1H/t15-,20+,21-;/m1./s1. The van der Waals surface area contributed by atoms with Gasteiger partial charge in [-0.2, -0.15) is 0 Å². The van der Waals surface area contributed by atoms with E-state index in [0.717, 1.165) is 25.9 Å². The van der Waals surface area contributed by atoms with E-state index in [0.29, 0.717) is 17.7 Å². The summed E-state index contributed by atoms with van der Waals surface area (Å²) in [6.45, 7) is 6.96. The number of piperidine rings is 1. The number of hydrogen-bond acceptors (Lipinski definition) is 2. The van der Waals surface area contributed by atoms with E-state index in [-0.39, 0.29) is 17.8 Å². The van der Waals surface area contributed by atoms with Crippen LogP contribution in [0.3, 0.4) is 0 Å². The van der Waals surface area contributed by atoms with Gasteiger partial charge in [0.25, 0.3) is 0 Å². The summed E-state index contributed by atoms with van der Waals surface area (Å²) in [6, 6.07) is 17.4. The molecule has 2 aromatic carbocycles. The average molecular weight is 344 g/mol. The Morgan fingerprint density at radius 2 is 1.92 bits per heavy atom. The van der Waals surface area contributed by atoms with Crippen LogP contribution in [-0.4, -0.2) is 22.6 Å². The van der Waals surface area contributed by atoms with Crippen molar-refractivity contribution < 1.29 is 5.11 Å². The summed E-state index contributed by atoms with van der Waals surface area (Å²) in [5, 5.41) is 9.92. The Balaban J connectivity index is 0.00000169. The van der Waals surface area contributed by atoms with Crippen molar-refractivity contribution in [3.8, 4) is 5.75 Å². The van der Waals surface area contributed by atoms with E-state index >= 15 is 0 Å². The Morgan fingerprint density at radius 3 is 2.67 bits per heavy atom. The van der Waals surface area contributed by atoms with E-state index in [1.165, 1.54) is 16.7 Å². The molecule has 1 fully saturated rings. The molecule has 0 unspecified atom stereocenters. The van der Waals surface area contributed by atoms with E-state index in [1.807, 2.05) is 12.1 Å². The molecular weight excluding hydrogens is 318 g/mol. The lowest BCUT2D eigenvalue weighted by molar-refractivity contribution is 0.0258. The van der Waals surface area contributed by atoms with Gasteiger partial charge < -0.3 is 5.11 Å². The first-order valence-corrected chi connectivity index (χ1v) is 8.68. The second-order valence-corrected chi connectivity index (χ2v) is 7.53. The number of aromatic hydroxyl groups is 1. The van der Waals surface area contributed by atoms with Gasteiger partial charge in [0.05, 0.1) is 0 Å². The number of benzene rings is 2. The molecule has 2 nitrogen and oxygen atoms in total. The fourth-order valence-corrected chi connectivity index (χ4v) is 4.71. The third kappa shape index (κ3) is 2.72. The highest BCUT2D eigenvalue weighted by molar-refractivity contribution is 5.85. The van der Waals surface area contributed by atoms with Crippen LogP contribution in [0, 0.1) is 5.92 Å². The maximum atomic E-state index is 9.92. The number of fused-ring (bicyclic) bond motifs is 4. The topological polar surface area (TPSA) is 23.5 Å². The molecule has 2 bridgehead atoms. The molecule has 0 aromatic heterocycles. The first kappa shape index (κ1) is 17.3. The number of phenolic OH excluding ortho intramolecular Hbond substituents is 1. The van der Waals surface area contributed by atoms with Crippen molar-refractivity contribution in [2.24, 2.45) is 5.92 Å². The highest BCUT2D eigenvalue weighted by Gasteiger charge is 2.48. The normalized spacial score (nSPS) is 28.8. The van der Waals surface area contributed by atoms with Gasteiger partial charge in [-0.25, -0.2) is 0 Å². The van der Waals surface area contributed by atoms with Crippen molar-refractivity contribution in [2.75, 3.05) is 6.54 Å². The summed E-state index contributed by atoms with van der Waals surface area (Å²) in [6.07, 6.45) is 2.26. The van der Waals surface area contributed by atoms with E-state index < -0.39 is 0 Å². The van der Waals surface area contributed by atoms with Gasteiger partial charge in [-0.05, 0) is 59.5 Å². The predicted molar refractivity (Wildman–Crippen MR) is 101 cm³/mol. The van der Waals surface area contributed by atoms with Crippen LogP contribution >= 0.6 is 12.4 Å². The van der Waals surface area contributed by atoms with Crippen LogP contribution in [0.2, 0.25) is 0 Å². The maximum Gasteiger partial charge on any atom is 0.115 e. The van der Waals surface area contributed by atoms with Crippen molar-refractivity contribution in [3.63, 3.8) is 0 Å². The molecule has 0 saturated carbocycles. The lowest BCUT2D eigenvalue weighted by Gasteiger charge is -2.54. The van der Waals surface area contributed by atoms with Crippen molar-refractivity contribution in [2.45, 2.75) is 44.7 Å². The number of rotatable bonds is 2. The smallest absolute Gasteiger partial charge is 0.115 e. The van der Waals surface area contributed by atoms with Crippen molar-refractivity contribution >= 4 is 12.4 Å². The zero-order valence-electron chi connectivity index (χ0n) is 14.4. The molecule has 0 radical (unpaired) electrons. The van der Waals surface area contributed by atoms with Crippen LogP contribution in [-0.2, 0) is 18.4 Å². The van der Waals surface area contributed by atoms with Gasteiger partial charge in [0.1, 0.15) is 5.75 Å². The molecule has 1 saturated heterocycles. The molecule has 1 heterocycles. The Labute approximate surface area is 150 Å². The highest BCUT2D eigenvalue weighted by atomic mass is 35.5. The number of hydrogen-bond donors (Lipinski definition) is 1. The fraction of sp³-hybridized carbons (Fsp3) is 0.429. The van der Waals surface area contributed by atoms with Crippen molar-refractivity contribution in [1.82, 2.24) is 4.90 Å². The van der Waals surface area contributed by atoms with Gasteiger partial charge in [0.15, 0.2) is 0 Å². The number of likely N-dealkylation sites (tertiary alicyclic amines) is 1. The van der Waals surface area contributed by atoms with Gasteiger partial charge in [-0.1, -0.05) is 50.2 Å². The van der Waals surface area contributed by atoms with Crippen molar-refractivity contribution in [1.29, 1.82) is 0 Å². The van der Waals surface area contributed by atoms with Gasteiger partial charge >= 0.3 is 0 Å². The molecule has 4 rings (SSSR count). The first-order chi connectivity index (χ1) is 11.1. The molecule has 3 atom stereocenters. The second kappa shape index (κ2) is 6.42. The van der Waals surface area contributed by atoms with Crippen LogP contribution in [0.15, 0.2) is 48.5 Å². The lowest BCUT2D eigenvalue weighted by atomic mass is 9.59. The Bertz CT molecular complexity index is 717. The molecule has 1 aliphatic carbocycles.